The fourth-order valence-corrected chi connectivity index (χ4v) is 3.18. The molecule has 2 saturated heterocycles. The first kappa shape index (κ1) is 13.5. The summed E-state index contributed by atoms with van der Waals surface area (Å²) in [5.41, 5.74) is 2.09. The Hall–Kier alpha value is -1.51. The number of rotatable bonds is 2. The van der Waals surface area contributed by atoms with Gasteiger partial charge in [0.05, 0.1) is 0 Å². The van der Waals surface area contributed by atoms with Crippen LogP contribution in [-0.4, -0.2) is 37.0 Å². The second kappa shape index (κ2) is 5.86. The highest BCUT2D eigenvalue weighted by Crippen LogP contribution is 2.22. The molecule has 0 spiro atoms. The minimum absolute atomic E-state index is 0.199. The van der Waals surface area contributed by atoms with Gasteiger partial charge < -0.3 is 9.80 Å². The van der Waals surface area contributed by atoms with Crippen molar-refractivity contribution in [2.45, 2.75) is 32.6 Å². The maximum absolute atomic E-state index is 12.5. The van der Waals surface area contributed by atoms with Crippen molar-refractivity contribution in [1.29, 1.82) is 0 Å². The molecular weight excluding hydrogens is 248 g/mol. The van der Waals surface area contributed by atoms with E-state index in [1.54, 1.807) is 0 Å². The zero-order valence-corrected chi connectivity index (χ0v) is 12.3. The van der Waals surface area contributed by atoms with E-state index in [4.69, 9.17) is 0 Å². The van der Waals surface area contributed by atoms with Crippen molar-refractivity contribution < 1.29 is 4.79 Å². The van der Waals surface area contributed by atoms with Crippen LogP contribution in [-0.2, 0) is 0 Å². The second-order valence-corrected chi connectivity index (χ2v) is 6.22. The Labute approximate surface area is 121 Å². The average Bonchev–Trinajstić information content (AvgIpc) is 3.02. The normalized spacial score (nSPS) is 20.4. The molecule has 1 aromatic carbocycles. The van der Waals surface area contributed by atoms with Crippen molar-refractivity contribution in [3.8, 4) is 0 Å². The molecule has 0 N–H and O–H groups in total. The Kier molecular flexibility index (Phi) is 3.95. The summed E-state index contributed by atoms with van der Waals surface area (Å²) in [6, 6.07) is 8.19. The van der Waals surface area contributed by atoms with Gasteiger partial charge in [0.2, 0.25) is 0 Å². The van der Waals surface area contributed by atoms with Gasteiger partial charge in [-0.2, -0.15) is 0 Å². The number of amides is 1. The number of hydrogen-bond acceptors (Lipinski definition) is 2. The van der Waals surface area contributed by atoms with Crippen molar-refractivity contribution >= 4 is 11.6 Å². The van der Waals surface area contributed by atoms with Crippen molar-refractivity contribution in [1.82, 2.24) is 4.90 Å². The zero-order valence-electron chi connectivity index (χ0n) is 12.3. The maximum Gasteiger partial charge on any atom is 0.253 e. The SMILES string of the molecule is CC1CCN(C(=O)c2ccc(N3CCCC3)cc2)CC1. The fourth-order valence-electron chi connectivity index (χ4n) is 3.18. The molecule has 1 aromatic rings. The standard InChI is InChI=1S/C17H24N2O/c1-14-8-12-19(13-9-14)17(20)15-4-6-16(7-5-15)18-10-2-3-11-18/h4-7,14H,2-3,8-13H2,1H3. The van der Waals surface area contributed by atoms with E-state index in [9.17, 15) is 4.79 Å². The summed E-state index contributed by atoms with van der Waals surface area (Å²) in [6.45, 7) is 6.39. The first-order valence-electron chi connectivity index (χ1n) is 7.88. The molecule has 3 rings (SSSR count). The number of carbonyl (C=O) groups is 1. The number of nitrogens with zero attached hydrogens (tertiary/aromatic N) is 2. The topological polar surface area (TPSA) is 23.6 Å². The van der Waals surface area contributed by atoms with E-state index in [1.807, 2.05) is 17.0 Å². The highest BCUT2D eigenvalue weighted by Gasteiger charge is 2.21. The van der Waals surface area contributed by atoms with Crippen LogP contribution in [0.4, 0.5) is 5.69 Å². The van der Waals surface area contributed by atoms with Gasteiger partial charge in [-0.1, -0.05) is 6.92 Å². The van der Waals surface area contributed by atoms with Crippen LogP contribution >= 0.6 is 0 Å². The first-order chi connectivity index (χ1) is 9.74. The Bertz CT molecular complexity index is 454. The number of hydrogen-bond donors (Lipinski definition) is 0. The van der Waals surface area contributed by atoms with Gasteiger partial charge in [0, 0.05) is 37.4 Å². The minimum atomic E-state index is 0.199. The molecule has 0 aliphatic carbocycles. The third-order valence-corrected chi connectivity index (χ3v) is 4.66. The molecule has 108 valence electrons. The molecule has 0 bridgehead atoms. The summed E-state index contributed by atoms with van der Waals surface area (Å²) in [5.74, 6) is 0.960. The molecule has 1 amide bonds. The highest BCUT2D eigenvalue weighted by molar-refractivity contribution is 5.94. The van der Waals surface area contributed by atoms with E-state index in [0.29, 0.717) is 0 Å². The monoisotopic (exact) mass is 272 g/mol. The van der Waals surface area contributed by atoms with Crippen LogP contribution in [0.5, 0.6) is 0 Å². The highest BCUT2D eigenvalue weighted by atomic mass is 16.2. The lowest BCUT2D eigenvalue weighted by Crippen LogP contribution is -2.37. The summed E-state index contributed by atoms with van der Waals surface area (Å²) in [4.78, 5) is 16.9. The molecular formula is C17H24N2O. The van der Waals surface area contributed by atoms with Crippen molar-refractivity contribution in [3.05, 3.63) is 29.8 Å². The molecule has 2 aliphatic rings. The molecule has 2 aliphatic heterocycles. The largest absolute Gasteiger partial charge is 0.372 e. The van der Waals surface area contributed by atoms with E-state index in [-0.39, 0.29) is 5.91 Å². The molecule has 0 aromatic heterocycles. The van der Waals surface area contributed by atoms with Crippen molar-refractivity contribution in [2.24, 2.45) is 5.92 Å². The third kappa shape index (κ3) is 2.82. The number of anilines is 1. The summed E-state index contributed by atoms with van der Waals surface area (Å²) >= 11 is 0. The van der Waals surface area contributed by atoms with Gasteiger partial charge in [-0.15, -0.1) is 0 Å². The summed E-state index contributed by atoms with van der Waals surface area (Å²) in [5, 5.41) is 0. The summed E-state index contributed by atoms with van der Waals surface area (Å²) < 4.78 is 0. The molecule has 20 heavy (non-hydrogen) atoms. The van der Waals surface area contributed by atoms with E-state index < -0.39 is 0 Å². The van der Waals surface area contributed by atoms with Gasteiger partial charge in [0.25, 0.3) is 5.91 Å². The molecule has 2 heterocycles. The number of likely N-dealkylation sites (tertiary alicyclic amines) is 1. The molecule has 0 radical (unpaired) electrons. The predicted molar refractivity (Wildman–Crippen MR) is 82.2 cm³/mol. The van der Waals surface area contributed by atoms with Crippen LogP contribution in [0.3, 0.4) is 0 Å². The lowest BCUT2D eigenvalue weighted by atomic mass is 9.98. The van der Waals surface area contributed by atoms with E-state index in [0.717, 1.165) is 50.5 Å². The fraction of sp³-hybridized carbons (Fsp3) is 0.588. The Morgan fingerprint density at radius 2 is 1.60 bits per heavy atom. The lowest BCUT2D eigenvalue weighted by molar-refractivity contribution is 0.0697. The van der Waals surface area contributed by atoms with Crippen molar-refractivity contribution in [3.63, 3.8) is 0 Å². The summed E-state index contributed by atoms with van der Waals surface area (Å²) in [7, 11) is 0. The van der Waals surface area contributed by atoms with Gasteiger partial charge in [-0.05, 0) is 55.9 Å². The van der Waals surface area contributed by atoms with E-state index >= 15 is 0 Å². The smallest absolute Gasteiger partial charge is 0.253 e. The van der Waals surface area contributed by atoms with Crippen LogP contribution < -0.4 is 4.90 Å². The molecule has 0 saturated carbocycles. The third-order valence-electron chi connectivity index (χ3n) is 4.66. The molecule has 0 unspecified atom stereocenters. The molecule has 2 fully saturated rings. The van der Waals surface area contributed by atoms with Gasteiger partial charge in [0.1, 0.15) is 0 Å². The van der Waals surface area contributed by atoms with Gasteiger partial charge in [-0.25, -0.2) is 0 Å². The number of benzene rings is 1. The average molecular weight is 272 g/mol. The Balaban J connectivity index is 1.66. The molecule has 3 heteroatoms. The van der Waals surface area contributed by atoms with Crippen LogP contribution in [0.2, 0.25) is 0 Å². The van der Waals surface area contributed by atoms with Gasteiger partial charge in [-0.3, -0.25) is 4.79 Å². The maximum atomic E-state index is 12.5. The lowest BCUT2D eigenvalue weighted by Gasteiger charge is -2.30. The number of piperidine rings is 1. The number of carbonyl (C=O) groups excluding carboxylic acids is 1. The quantitative estimate of drug-likeness (QED) is 0.825. The van der Waals surface area contributed by atoms with Gasteiger partial charge >= 0.3 is 0 Å². The molecule has 0 atom stereocenters. The van der Waals surface area contributed by atoms with Crippen molar-refractivity contribution in [2.75, 3.05) is 31.1 Å². The van der Waals surface area contributed by atoms with Crippen LogP contribution in [0.1, 0.15) is 43.0 Å². The van der Waals surface area contributed by atoms with Crippen LogP contribution in [0, 0.1) is 5.92 Å². The Morgan fingerprint density at radius 1 is 1.00 bits per heavy atom. The zero-order chi connectivity index (χ0) is 13.9. The minimum Gasteiger partial charge on any atom is -0.372 e. The van der Waals surface area contributed by atoms with Gasteiger partial charge in [0.15, 0.2) is 0 Å². The second-order valence-electron chi connectivity index (χ2n) is 6.22. The molecule has 3 nitrogen and oxygen atoms in total. The van der Waals surface area contributed by atoms with Crippen LogP contribution in [0.25, 0.3) is 0 Å². The summed E-state index contributed by atoms with van der Waals surface area (Å²) in [6.07, 6.45) is 4.84. The van der Waals surface area contributed by atoms with E-state index in [1.165, 1.54) is 18.5 Å². The van der Waals surface area contributed by atoms with Crippen LogP contribution in [0.15, 0.2) is 24.3 Å². The predicted octanol–water partition coefficient (Wildman–Crippen LogP) is 3.16. The van der Waals surface area contributed by atoms with E-state index in [2.05, 4.69) is 24.0 Å². The Morgan fingerprint density at radius 3 is 2.20 bits per heavy atom. The first-order valence-corrected chi connectivity index (χ1v) is 7.88.